The lowest BCUT2D eigenvalue weighted by atomic mass is 10.1. The van der Waals surface area contributed by atoms with E-state index in [4.69, 9.17) is 10.5 Å². The Labute approximate surface area is 116 Å². The molecule has 0 fully saturated rings. The number of hydrogen-bond acceptors (Lipinski definition) is 4. The molecule has 0 spiro atoms. The third kappa shape index (κ3) is 1.60. The molecule has 20 heavy (non-hydrogen) atoms. The van der Waals surface area contributed by atoms with Crippen molar-refractivity contribution >= 4 is 16.6 Å². The Kier molecular flexibility index (Phi) is 2.47. The molecule has 0 aliphatic carbocycles. The summed E-state index contributed by atoms with van der Waals surface area (Å²) in [5.74, 6) is 0.556. The average molecular weight is 266 g/mol. The predicted octanol–water partition coefficient (Wildman–Crippen LogP) is 2.08. The molecule has 100 valence electrons. The van der Waals surface area contributed by atoms with E-state index >= 15 is 0 Å². The van der Waals surface area contributed by atoms with E-state index in [0.29, 0.717) is 19.0 Å². The second-order valence-electron chi connectivity index (χ2n) is 4.90. The molecule has 3 heterocycles. The first-order chi connectivity index (χ1) is 9.84. The Balaban J connectivity index is 2.00. The summed E-state index contributed by atoms with van der Waals surface area (Å²) in [6.45, 7) is 1.26. The maximum absolute atomic E-state index is 6.02. The number of nitrogen functional groups attached to an aromatic ring is 1. The van der Waals surface area contributed by atoms with Crippen LogP contribution in [0.15, 0.2) is 36.7 Å². The van der Waals surface area contributed by atoms with E-state index in [2.05, 4.69) is 16.1 Å². The van der Waals surface area contributed by atoms with Gasteiger partial charge >= 0.3 is 0 Å². The number of ether oxygens (including phenoxy) is 1. The standard InChI is InChI=1S/C15H14N4O/c16-15-12-9-20-7-5-14(12)19(18-15)13-3-1-2-10-4-6-17-8-11(10)13/h1-4,6,8H,5,7,9H2,(H2,16,18). The van der Waals surface area contributed by atoms with E-state index in [0.717, 1.165) is 34.1 Å². The minimum Gasteiger partial charge on any atom is -0.382 e. The van der Waals surface area contributed by atoms with Crippen LogP contribution < -0.4 is 5.73 Å². The van der Waals surface area contributed by atoms with E-state index in [-0.39, 0.29) is 0 Å². The third-order valence-corrected chi connectivity index (χ3v) is 3.74. The Bertz CT molecular complexity index is 788. The van der Waals surface area contributed by atoms with Crippen molar-refractivity contribution in [3.63, 3.8) is 0 Å². The highest BCUT2D eigenvalue weighted by molar-refractivity contribution is 5.89. The van der Waals surface area contributed by atoms with Crippen LogP contribution in [0.1, 0.15) is 11.3 Å². The van der Waals surface area contributed by atoms with Crippen LogP contribution in [0.25, 0.3) is 16.5 Å². The van der Waals surface area contributed by atoms with Crippen molar-refractivity contribution in [1.82, 2.24) is 14.8 Å². The van der Waals surface area contributed by atoms with E-state index in [1.54, 1.807) is 6.20 Å². The number of nitrogens with zero attached hydrogens (tertiary/aromatic N) is 3. The molecule has 3 aromatic rings. The second-order valence-corrected chi connectivity index (χ2v) is 4.90. The zero-order valence-corrected chi connectivity index (χ0v) is 10.9. The van der Waals surface area contributed by atoms with Crippen molar-refractivity contribution in [2.24, 2.45) is 0 Å². The van der Waals surface area contributed by atoms with Crippen molar-refractivity contribution in [2.75, 3.05) is 12.3 Å². The van der Waals surface area contributed by atoms with Gasteiger partial charge in [-0.2, -0.15) is 5.10 Å². The van der Waals surface area contributed by atoms with Crippen LogP contribution in [0.4, 0.5) is 5.82 Å². The maximum atomic E-state index is 6.02. The quantitative estimate of drug-likeness (QED) is 0.732. The van der Waals surface area contributed by atoms with E-state index < -0.39 is 0 Å². The van der Waals surface area contributed by atoms with Crippen LogP contribution in [0.5, 0.6) is 0 Å². The van der Waals surface area contributed by atoms with Crippen LogP contribution in [0.3, 0.4) is 0 Å². The van der Waals surface area contributed by atoms with Gasteiger partial charge in [-0.15, -0.1) is 0 Å². The summed E-state index contributed by atoms with van der Waals surface area (Å²) in [7, 11) is 0. The maximum Gasteiger partial charge on any atom is 0.151 e. The summed E-state index contributed by atoms with van der Waals surface area (Å²) >= 11 is 0. The number of hydrogen-bond donors (Lipinski definition) is 1. The molecule has 0 radical (unpaired) electrons. The lowest BCUT2D eigenvalue weighted by Gasteiger charge is -2.15. The lowest BCUT2D eigenvalue weighted by molar-refractivity contribution is 0.110. The summed E-state index contributed by atoms with van der Waals surface area (Å²) in [5.41, 5.74) is 9.19. The first-order valence-corrected chi connectivity index (χ1v) is 6.62. The highest BCUT2D eigenvalue weighted by Gasteiger charge is 2.21. The molecule has 2 N–H and O–H groups in total. The molecular formula is C15H14N4O. The van der Waals surface area contributed by atoms with Crippen LogP contribution in [0.2, 0.25) is 0 Å². The van der Waals surface area contributed by atoms with E-state index in [1.807, 2.05) is 29.1 Å². The molecule has 0 saturated heterocycles. The number of pyridine rings is 1. The van der Waals surface area contributed by atoms with Crippen LogP contribution >= 0.6 is 0 Å². The molecule has 1 aromatic carbocycles. The van der Waals surface area contributed by atoms with Gasteiger partial charge in [0.15, 0.2) is 5.82 Å². The molecule has 2 aromatic heterocycles. The minimum absolute atomic E-state index is 0.546. The highest BCUT2D eigenvalue weighted by Crippen LogP contribution is 2.28. The Morgan fingerprint density at radius 2 is 2.20 bits per heavy atom. The van der Waals surface area contributed by atoms with Gasteiger partial charge in [0.2, 0.25) is 0 Å². The number of nitrogens with two attached hydrogens (primary N) is 1. The van der Waals surface area contributed by atoms with Gasteiger partial charge in [-0.05, 0) is 17.5 Å². The molecule has 0 atom stereocenters. The molecule has 0 bridgehead atoms. The Morgan fingerprint density at radius 3 is 3.15 bits per heavy atom. The van der Waals surface area contributed by atoms with Gasteiger partial charge in [0.05, 0.1) is 24.6 Å². The van der Waals surface area contributed by atoms with E-state index in [1.165, 1.54) is 0 Å². The van der Waals surface area contributed by atoms with Gasteiger partial charge in [0.25, 0.3) is 0 Å². The van der Waals surface area contributed by atoms with Gasteiger partial charge in [-0.3, -0.25) is 4.98 Å². The minimum atomic E-state index is 0.546. The fourth-order valence-electron chi connectivity index (χ4n) is 2.74. The average Bonchev–Trinajstić information content (AvgIpc) is 2.84. The van der Waals surface area contributed by atoms with Gasteiger partial charge in [-0.25, -0.2) is 4.68 Å². The van der Waals surface area contributed by atoms with Crippen molar-refractivity contribution in [1.29, 1.82) is 0 Å². The van der Waals surface area contributed by atoms with E-state index in [9.17, 15) is 0 Å². The van der Waals surface area contributed by atoms with Gasteiger partial charge in [0, 0.05) is 29.8 Å². The number of anilines is 1. The zero-order valence-electron chi connectivity index (χ0n) is 10.9. The van der Waals surface area contributed by atoms with Gasteiger partial charge in [-0.1, -0.05) is 12.1 Å². The summed E-state index contributed by atoms with van der Waals surface area (Å²) in [4.78, 5) is 4.22. The fourth-order valence-corrected chi connectivity index (χ4v) is 2.74. The molecule has 4 rings (SSSR count). The van der Waals surface area contributed by atoms with Crippen molar-refractivity contribution in [3.05, 3.63) is 47.9 Å². The zero-order chi connectivity index (χ0) is 13.5. The van der Waals surface area contributed by atoms with Crippen molar-refractivity contribution in [2.45, 2.75) is 13.0 Å². The molecule has 1 aliphatic rings. The lowest BCUT2D eigenvalue weighted by Crippen LogP contribution is -2.13. The van der Waals surface area contributed by atoms with Crippen molar-refractivity contribution < 1.29 is 4.74 Å². The fraction of sp³-hybridized carbons (Fsp3) is 0.200. The molecular weight excluding hydrogens is 252 g/mol. The Hall–Kier alpha value is -2.40. The topological polar surface area (TPSA) is 66.0 Å². The summed E-state index contributed by atoms with van der Waals surface area (Å²) in [6, 6.07) is 8.15. The van der Waals surface area contributed by atoms with Crippen molar-refractivity contribution in [3.8, 4) is 5.69 Å². The van der Waals surface area contributed by atoms with Gasteiger partial charge < -0.3 is 10.5 Å². The molecule has 0 amide bonds. The number of rotatable bonds is 1. The highest BCUT2D eigenvalue weighted by atomic mass is 16.5. The van der Waals surface area contributed by atoms with Crippen LogP contribution in [-0.2, 0) is 17.8 Å². The van der Waals surface area contributed by atoms with Crippen LogP contribution in [-0.4, -0.2) is 21.4 Å². The van der Waals surface area contributed by atoms with Crippen LogP contribution in [0, 0.1) is 0 Å². The summed E-state index contributed by atoms with van der Waals surface area (Å²) < 4.78 is 7.41. The summed E-state index contributed by atoms with van der Waals surface area (Å²) in [5, 5.41) is 6.72. The predicted molar refractivity (Wildman–Crippen MR) is 76.6 cm³/mol. The monoisotopic (exact) mass is 266 g/mol. The number of aromatic nitrogens is 3. The molecule has 5 heteroatoms. The molecule has 5 nitrogen and oxygen atoms in total. The largest absolute Gasteiger partial charge is 0.382 e. The third-order valence-electron chi connectivity index (χ3n) is 3.74. The van der Waals surface area contributed by atoms with Gasteiger partial charge in [0.1, 0.15) is 0 Å². The molecule has 1 aliphatic heterocycles. The second kappa shape index (κ2) is 4.31. The SMILES string of the molecule is Nc1nn(-c2cccc3ccncc23)c2c1COCC2. The first kappa shape index (κ1) is 11.4. The normalized spacial score (nSPS) is 14.4. The molecule has 0 saturated carbocycles. The first-order valence-electron chi connectivity index (χ1n) is 6.62. The number of fused-ring (bicyclic) bond motifs is 2. The smallest absolute Gasteiger partial charge is 0.151 e. The summed E-state index contributed by atoms with van der Waals surface area (Å²) in [6.07, 6.45) is 4.50. The Morgan fingerprint density at radius 1 is 1.25 bits per heavy atom. The molecule has 0 unspecified atom stereocenters. The number of benzene rings is 1.